The van der Waals surface area contributed by atoms with E-state index in [2.05, 4.69) is 14.9 Å². The number of H-pyrrole nitrogens is 1. The molecule has 0 atom stereocenters. The molecule has 0 amide bonds. The second-order valence-corrected chi connectivity index (χ2v) is 5.53. The van der Waals surface area contributed by atoms with Crippen LogP contribution in [0.5, 0.6) is 0 Å². The molecule has 2 rings (SSSR count). The Kier molecular flexibility index (Phi) is 3.45. The molecule has 9 heteroatoms. The van der Waals surface area contributed by atoms with Crippen LogP contribution in [0.2, 0.25) is 5.02 Å². The maximum Gasteiger partial charge on any atom is 0.340 e. The normalized spacial score (nSPS) is 11.2. The molecule has 3 N–H and O–H groups in total. The fraction of sp³-hybridized carbons (Fsp3) is 0. The number of benzene rings is 1. The Morgan fingerprint density at radius 2 is 2.05 bits per heavy atom. The number of hydrogen-bond donors (Lipinski definition) is 3. The van der Waals surface area contributed by atoms with Gasteiger partial charge in [0.2, 0.25) is 0 Å². The Bertz CT molecular complexity index is 726. The second-order valence-electron chi connectivity index (χ2n) is 3.50. The SMILES string of the molecule is O=C(O)c1cn[nH]c1S(=O)(=O)Nc1ccccc1Cl. The zero-order valence-corrected chi connectivity index (χ0v) is 10.9. The number of hydrogen-bond acceptors (Lipinski definition) is 4. The van der Waals surface area contributed by atoms with Crippen LogP contribution in [0.3, 0.4) is 0 Å². The predicted molar refractivity (Wildman–Crippen MR) is 67.8 cm³/mol. The van der Waals surface area contributed by atoms with Crippen molar-refractivity contribution in [2.24, 2.45) is 0 Å². The fourth-order valence-electron chi connectivity index (χ4n) is 1.37. The van der Waals surface area contributed by atoms with Gasteiger partial charge in [-0.05, 0) is 12.1 Å². The summed E-state index contributed by atoms with van der Waals surface area (Å²) in [5.41, 5.74) is -0.297. The number of anilines is 1. The lowest BCUT2D eigenvalue weighted by Gasteiger charge is -2.08. The van der Waals surface area contributed by atoms with Crippen molar-refractivity contribution in [2.75, 3.05) is 4.72 Å². The molecule has 0 bridgehead atoms. The lowest BCUT2D eigenvalue weighted by molar-refractivity contribution is 0.0692. The van der Waals surface area contributed by atoms with E-state index < -0.39 is 26.6 Å². The van der Waals surface area contributed by atoms with Crippen LogP contribution in [0.4, 0.5) is 5.69 Å². The van der Waals surface area contributed by atoms with Gasteiger partial charge in [0.1, 0.15) is 5.56 Å². The molecule has 2 aromatic rings. The molecule has 0 unspecified atom stereocenters. The number of carboxylic acid groups (broad SMARTS) is 1. The molecular formula is C10H8ClN3O4S. The smallest absolute Gasteiger partial charge is 0.340 e. The Morgan fingerprint density at radius 1 is 1.37 bits per heavy atom. The Labute approximate surface area is 113 Å². The van der Waals surface area contributed by atoms with Gasteiger partial charge in [-0.15, -0.1) is 0 Å². The molecule has 1 aromatic heterocycles. The molecule has 1 heterocycles. The number of para-hydroxylation sites is 1. The van der Waals surface area contributed by atoms with Gasteiger partial charge >= 0.3 is 5.97 Å². The van der Waals surface area contributed by atoms with Gasteiger partial charge in [0.25, 0.3) is 10.0 Å². The van der Waals surface area contributed by atoms with E-state index in [1.807, 2.05) is 0 Å². The third-order valence-electron chi connectivity index (χ3n) is 2.22. The number of halogens is 1. The number of aromatic carboxylic acids is 1. The Balaban J connectivity index is 2.41. The molecule has 0 spiro atoms. The fourth-order valence-corrected chi connectivity index (χ4v) is 2.78. The van der Waals surface area contributed by atoms with E-state index in [4.69, 9.17) is 16.7 Å². The van der Waals surface area contributed by atoms with E-state index in [9.17, 15) is 13.2 Å². The molecule has 1 aromatic carbocycles. The van der Waals surface area contributed by atoms with Crippen molar-refractivity contribution in [3.05, 3.63) is 41.0 Å². The summed E-state index contributed by atoms with van der Waals surface area (Å²) in [6.45, 7) is 0. The van der Waals surface area contributed by atoms with E-state index in [0.29, 0.717) is 0 Å². The van der Waals surface area contributed by atoms with Gasteiger partial charge in [0, 0.05) is 0 Å². The highest BCUT2D eigenvalue weighted by Crippen LogP contribution is 2.24. The average molecular weight is 302 g/mol. The Morgan fingerprint density at radius 3 is 2.68 bits per heavy atom. The van der Waals surface area contributed by atoms with Crippen molar-refractivity contribution in [3.63, 3.8) is 0 Å². The summed E-state index contributed by atoms with van der Waals surface area (Å²) in [5.74, 6) is -1.40. The molecule has 0 fully saturated rings. The molecule has 0 saturated heterocycles. The van der Waals surface area contributed by atoms with Crippen LogP contribution in [-0.2, 0) is 10.0 Å². The first-order chi connectivity index (χ1) is 8.92. The number of aromatic nitrogens is 2. The molecule has 0 aliphatic rings. The number of carbonyl (C=O) groups is 1. The van der Waals surface area contributed by atoms with Gasteiger partial charge in [-0.25, -0.2) is 4.79 Å². The van der Waals surface area contributed by atoms with Crippen molar-refractivity contribution in [1.29, 1.82) is 0 Å². The van der Waals surface area contributed by atoms with Crippen LogP contribution in [0, 0.1) is 0 Å². The highest BCUT2D eigenvalue weighted by molar-refractivity contribution is 7.92. The lowest BCUT2D eigenvalue weighted by atomic mass is 10.3. The lowest BCUT2D eigenvalue weighted by Crippen LogP contribution is -2.16. The zero-order valence-electron chi connectivity index (χ0n) is 9.29. The Hall–Kier alpha value is -2.06. The maximum absolute atomic E-state index is 12.0. The first-order valence-electron chi connectivity index (χ1n) is 4.96. The van der Waals surface area contributed by atoms with Crippen molar-refractivity contribution in [3.8, 4) is 0 Å². The highest BCUT2D eigenvalue weighted by Gasteiger charge is 2.25. The first kappa shape index (κ1) is 13.4. The summed E-state index contributed by atoms with van der Waals surface area (Å²) in [6.07, 6.45) is 0.920. The first-order valence-corrected chi connectivity index (χ1v) is 6.82. The molecular weight excluding hydrogens is 294 g/mol. The van der Waals surface area contributed by atoms with Crippen molar-refractivity contribution in [1.82, 2.24) is 10.2 Å². The minimum absolute atomic E-state index is 0.148. The van der Waals surface area contributed by atoms with Gasteiger partial charge in [0.05, 0.1) is 16.9 Å². The quantitative estimate of drug-likeness (QED) is 0.793. The van der Waals surface area contributed by atoms with E-state index >= 15 is 0 Å². The number of sulfonamides is 1. The number of nitrogens with one attached hydrogen (secondary N) is 2. The summed E-state index contributed by atoms with van der Waals surface area (Å²) in [5, 5.41) is 14.1. The van der Waals surface area contributed by atoms with Crippen LogP contribution in [0.25, 0.3) is 0 Å². The second kappa shape index (κ2) is 4.90. The molecule has 0 radical (unpaired) electrons. The van der Waals surface area contributed by atoms with E-state index in [1.165, 1.54) is 12.1 Å². The van der Waals surface area contributed by atoms with Crippen LogP contribution in [-0.4, -0.2) is 29.7 Å². The molecule has 0 aliphatic heterocycles. The molecule has 7 nitrogen and oxygen atoms in total. The molecule has 0 aliphatic carbocycles. The topological polar surface area (TPSA) is 112 Å². The summed E-state index contributed by atoms with van der Waals surface area (Å²) >= 11 is 5.82. The predicted octanol–water partition coefficient (Wildman–Crippen LogP) is 1.56. The van der Waals surface area contributed by atoms with Crippen molar-refractivity contribution < 1.29 is 18.3 Å². The third kappa shape index (κ3) is 2.69. The van der Waals surface area contributed by atoms with Crippen LogP contribution in [0.15, 0.2) is 35.5 Å². The van der Waals surface area contributed by atoms with Crippen LogP contribution >= 0.6 is 11.6 Å². The van der Waals surface area contributed by atoms with Crippen molar-refractivity contribution in [2.45, 2.75) is 5.03 Å². The number of rotatable bonds is 4. The number of nitrogens with zero attached hydrogens (tertiary/aromatic N) is 1. The van der Waals surface area contributed by atoms with Gasteiger partial charge in [-0.2, -0.15) is 13.5 Å². The third-order valence-corrected chi connectivity index (χ3v) is 3.89. The van der Waals surface area contributed by atoms with Gasteiger partial charge in [-0.3, -0.25) is 9.82 Å². The summed E-state index contributed by atoms with van der Waals surface area (Å²) in [6, 6.07) is 6.19. The van der Waals surface area contributed by atoms with Crippen molar-refractivity contribution >= 4 is 33.3 Å². The molecule has 0 saturated carbocycles. The van der Waals surface area contributed by atoms with E-state index in [0.717, 1.165) is 6.20 Å². The van der Waals surface area contributed by atoms with Gasteiger partial charge < -0.3 is 5.11 Å². The zero-order chi connectivity index (χ0) is 14.0. The van der Waals surface area contributed by atoms with Crippen LogP contribution < -0.4 is 4.72 Å². The molecule has 100 valence electrons. The average Bonchev–Trinajstić information content (AvgIpc) is 2.82. The summed E-state index contributed by atoms with van der Waals surface area (Å²) in [4.78, 5) is 10.9. The minimum atomic E-state index is -4.10. The monoisotopic (exact) mass is 301 g/mol. The van der Waals surface area contributed by atoms with Crippen LogP contribution in [0.1, 0.15) is 10.4 Å². The maximum atomic E-state index is 12.0. The van der Waals surface area contributed by atoms with E-state index in [1.54, 1.807) is 12.1 Å². The minimum Gasteiger partial charge on any atom is -0.478 e. The largest absolute Gasteiger partial charge is 0.478 e. The summed E-state index contributed by atoms with van der Waals surface area (Å²) in [7, 11) is -4.10. The molecule has 19 heavy (non-hydrogen) atoms. The number of carboxylic acids is 1. The number of aromatic amines is 1. The van der Waals surface area contributed by atoms with Gasteiger partial charge in [0.15, 0.2) is 5.03 Å². The highest BCUT2D eigenvalue weighted by atomic mass is 35.5. The standard InChI is InChI=1S/C10H8ClN3O4S/c11-7-3-1-2-4-8(7)14-19(17,18)9-6(10(15)16)5-12-13-9/h1-5,14H,(H,12,13)(H,15,16). The summed E-state index contributed by atoms with van der Waals surface area (Å²) < 4.78 is 26.3. The van der Waals surface area contributed by atoms with E-state index in [-0.39, 0.29) is 10.7 Å². The van der Waals surface area contributed by atoms with Gasteiger partial charge in [-0.1, -0.05) is 23.7 Å².